The highest BCUT2D eigenvalue weighted by molar-refractivity contribution is 5.64. The minimum atomic E-state index is -4.40. The van der Waals surface area contributed by atoms with Gasteiger partial charge < -0.3 is 0 Å². The van der Waals surface area contributed by atoms with Gasteiger partial charge >= 0.3 is 6.18 Å². The standard InChI is InChI=1S/C8H6F3N3/c9-8(10,11)7-5-1-2-12-3-6(5)13-4-14-7/h2,4H,1,3H2. The van der Waals surface area contributed by atoms with Gasteiger partial charge in [0.05, 0.1) is 12.2 Å². The van der Waals surface area contributed by atoms with Crippen molar-refractivity contribution in [1.29, 1.82) is 0 Å². The van der Waals surface area contributed by atoms with Gasteiger partial charge in [0.25, 0.3) is 0 Å². The third-order valence-corrected chi connectivity index (χ3v) is 1.97. The molecule has 74 valence electrons. The maximum absolute atomic E-state index is 12.4. The zero-order chi connectivity index (χ0) is 10.2. The molecule has 0 unspecified atom stereocenters. The monoisotopic (exact) mass is 201 g/mol. The van der Waals surface area contributed by atoms with Crippen LogP contribution in [0.25, 0.3) is 0 Å². The smallest absolute Gasteiger partial charge is 0.291 e. The fourth-order valence-electron chi connectivity index (χ4n) is 1.35. The molecule has 1 aromatic heterocycles. The van der Waals surface area contributed by atoms with E-state index in [9.17, 15) is 13.2 Å². The van der Waals surface area contributed by atoms with Crippen LogP contribution in [0.3, 0.4) is 0 Å². The predicted molar refractivity (Wildman–Crippen MR) is 42.9 cm³/mol. The molecule has 14 heavy (non-hydrogen) atoms. The summed E-state index contributed by atoms with van der Waals surface area (Å²) in [5.41, 5.74) is -0.321. The summed E-state index contributed by atoms with van der Waals surface area (Å²) in [5.74, 6) is 0. The van der Waals surface area contributed by atoms with E-state index in [-0.39, 0.29) is 18.5 Å². The summed E-state index contributed by atoms with van der Waals surface area (Å²) in [7, 11) is 0. The first kappa shape index (κ1) is 9.11. The Balaban J connectivity index is 2.54. The van der Waals surface area contributed by atoms with Gasteiger partial charge in [-0.15, -0.1) is 0 Å². The maximum Gasteiger partial charge on any atom is 0.433 e. The maximum atomic E-state index is 12.4. The summed E-state index contributed by atoms with van der Waals surface area (Å²) in [6.07, 6.45) is -1.85. The Labute approximate surface area is 77.7 Å². The van der Waals surface area contributed by atoms with Crippen molar-refractivity contribution in [3.05, 3.63) is 23.3 Å². The Kier molecular flexibility index (Phi) is 1.98. The highest BCUT2D eigenvalue weighted by atomic mass is 19.4. The first-order valence-corrected chi connectivity index (χ1v) is 3.97. The first-order valence-electron chi connectivity index (χ1n) is 3.97. The molecule has 0 aliphatic carbocycles. The van der Waals surface area contributed by atoms with Crippen LogP contribution >= 0.6 is 0 Å². The Morgan fingerprint density at radius 1 is 1.21 bits per heavy atom. The lowest BCUT2D eigenvalue weighted by molar-refractivity contribution is -0.141. The third kappa shape index (κ3) is 1.47. The van der Waals surface area contributed by atoms with Crippen molar-refractivity contribution in [2.24, 2.45) is 4.99 Å². The van der Waals surface area contributed by atoms with Crippen molar-refractivity contribution in [3.8, 4) is 0 Å². The molecule has 1 aromatic rings. The Bertz CT molecular complexity index is 384. The molecule has 0 bridgehead atoms. The zero-order valence-corrected chi connectivity index (χ0v) is 7.04. The van der Waals surface area contributed by atoms with E-state index in [1.807, 2.05) is 0 Å². The number of nitrogens with zero attached hydrogens (tertiary/aromatic N) is 3. The molecule has 0 saturated heterocycles. The number of rotatable bonds is 0. The zero-order valence-electron chi connectivity index (χ0n) is 7.04. The Hall–Kier alpha value is -1.46. The van der Waals surface area contributed by atoms with Gasteiger partial charge in [0.2, 0.25) is 0 Å². The largest absolute Gasteiger partial charge is 0.433 e. The number of hydrogen-bond donors (Lipinski definition) is 0. The minimum absolute atomic E-state index is 0.148. The van der Waals surface area contributed by atoms with Crippen LogP contribution in [0.1, 0.15) is 17.0 Å². The van der Waals surface area contributed by atoms with Crippen LogP contribution in [-0.2, 0) is 19.1 Å². The van der Waals surface area contributed by atoms with Crippen molar-refractivity contribution in [2.45, 2.75) is 19.1 Å². The third-order valence-electron chi connectivity index (χ3n) is 1.97. The SMILES string of the molecule is FC(F)(F)c1ncnc2c1CC=NC2. The van der Waals surface area contributed by atoms with Crippen molar-refractivity contribution in [1.82, 2.24) is 9.97 Å². The highest BCUT2D eigenvalue weighted by Crippen LogP contribution is 2.31. The van der Waals surface area contributed by atoms with Gasteiger partial charge in [0.1, 0.15) is 6.33 Å². The number of alkyl halides is 3. The summed E-state index contributed by atoms with van der Waals surface area (Å²) in [4.78, 5) is 10.9. The van der Waals surface area contributed by atoms with Gasteiger partial charge in [-0.2, -0.15) is 13.2 Å². The highest BCUT2D eigenvalue weighted by Gasteiger charge is 2.36. The van der Waals surface area contributed by atoms with E-state index >= 15 is 0 Å². The van der Waals surface area contributed by atoms with Gasteiger partial charge in [0.15, 0.2) is 5.69 Å². The molecule has 0 amide bonds. The number of aliphatic imine (C=N–C) groups is 1. The van der Waals surface area contributed by atoms with Crippen molar-refractivity contribution < 1.29 is 13.2 Å². The molecule has 6 heteroatoms. The summed E-state index contributed by atoms with van der Waals surface area (Å²) in [6.45, 7) is 0.209. The van der Waals surface area contributed by atoms with E-state index in [4.69, 9.17) is 0 Å². The second-order valence-corrected chi connectivity index (χ2v) is 2.87. The molecular formula is C8H6F3N3. The lowest BCUT2D eigenvalue weighted by Gasteiger charge is -2.14. The molecule has 2 rings (SSSR count). The number of fused-ring (bicyclic) bond motifs is 1. The van der Waals surface area contributed by atoms with Gasteiger partial charge in [-0.05, 0) is 0 Å². The lowest BCUT2D eigenvalue weighted by atomic mass is 10.1. The molecule has 0 saturated carbocycles. The normalized spacial score (nSPS) is 15.4. The summed E-state index contributed by atoms with van der Waals surface area (Å²) in [6, 6.07) is 0. The summed E-state index contributed by atoms with van der Waals surface area (Å²) >= 11 is 0. The number of halogens is 3. The molecule has 3 nitrogen and oxygen atoms in total. The van der Waals surface area contributed by atoms with E-state index in [2.05, 4.69) is 15.0 Å². The van der Waals surface area contributed by atoms with E-state index in [0.29, 0.717) is 5.69 Å². The van der Waals surface area contributed by atoms with Crippen LogP contribution in [0.2, 0.25) is 0 Å². The summed E-state index contributed by atoms with van der Waals surface area (Å²) in [5, 5.41) is 0. The van der Waals surface area contributed by atoms with Gasteiger partial charge in [0, 0.05) is 18.2 Å². The molecule has 1 aliphatic heterocycles. The van der Waals surface area contributed by atoms with Gasteiger partial charge in [-0.1, -0.05) is 0 Å². The lowest BCUT2D eigenvalue weighted by Crippen LogP contribution is -2.17. The average Bonchev–Trinajstić information content (AvgIpc) is 2.15. The Morgan fingerprint density at radius 2 is 2.00 bits per heavy atom. The molecule has 0 atom stereocenters. The fraction of sp³-hybridized carbons (Fsp3) is 0.375. The second-order valence-electron chi connectivity index (χ2n) is 2.87. The molecule has 0 aromatic carbocycles. The van der Waals surface area contributed by atoms with Gasteiger partial charge in [-0.25, -0.2) is 9.97 Å². The van der Waals surface area contributed by atoms with Gasteiger partial charge in [-0.3, -0.25) is 4.99 Å². The van der Waals surface area contributed by atoms with Crippen molar-refractivity contribution in [2.75, 3.05) is 0 Å². The molecular weight excluding hydrogens is 195 g/mol. The summed E-state index contributed by atoms with van der Waals surface area (Å²) < 4.78 is 37.3. The van der Waals surface area contributed by atoms with Crippen LogP contribution < -0.4 is 0 Å². The number of aromatic nitrogens is 2. The van der Waals surface area contributed by atoms with E-state index in [1.54, 1.807) is 0 Å². The number of hydrogen-bond acceptors (Lipinski definition) is 3. The topological polar surface area (TPSA) is 38.1 Å². The molecule has 1 aliphatic rings. The first-order chi connectivity index (χ1) is 6.59. The van der Waals surface area contributed by atoms with Crippen LogP contribution in [-0.4, -0.2) is 16.2 Å². The van der Waals surface area contributed by atoms with E-state index in [0.717, 1.165) is 6.33 Å². The quantitative estimate of drug-likeness (QED) is 0.639. The minimum Gasteiger partial charge on any atom is -0.291 e. The van der Waals surface area contributed by atoms with Crippen LogP contribution in [0.15, 0.2) is 11.3 Å². The second kappa shape index (κ2) is 3.04. The molecule has 0 fully saturated rings. The van der Waals surface area contributed by atoms with Crippen LogP contribution in [0.4, 0.5) is 13.2 Å². The van der Waals surface area contributed by atoms with Crippen molar-refractivity contribution in [3.63, 3.8) is 0 Å². The van der Waals surface area contributed by atoms with Crippen LogP contribution in [0, 0.1) is 0 Å². The van der Waals surface area contributed by atoms with E-state index < -0.39 is 11.9 Å². The molecule has 0 N–H and O–H groups in total. The molecule has 0 radical (unpaired) electrons. The predicted octanol–water partition coefficient (Wildman–Crippen LogP) is 1.62. The average molecular weight is 201 g/mol. The molecule has 2 heterocycles. The fourth-order valence-corrected chi connectivity index (χ4v) is 1.35. The van der Waals surface area contributed by atoms with E-state index in [1.165, 1.54) is 6.21 Å². The molecule has 0 spiro atoms. The van der Waals surface area contributed by atoms with Crippen LogP contribution in [0.5, 0.6) is 0 Å². The Morgan fingerprint density at radius 3 is 2.71 bits per heavy atom. The van der Waals surface area contributed by atoms with Crippen molar-refractivity contribution >= 4 is 6.21 Å².